The maximum atomic E-state index is 10.7. The third kappa shape index (κ3) is 3.74. The van der Waals surface area contributed by atoms with Crippen LogP contribution in [0.1, 0.15) is 5.56 Å². The number of non-ortho nitro benzene ring substituents is 1. The van der Waals surface area contributed by atoms with Gasteiger partial charge in [0.05, 0.1) is 9.40 Å². The van der Waals surface area contributed by atoms with Crippen molar-refractivity contribution in [3.8, 4) is 0 Å². The first-order valence-corrected chi connectivity index (χ1v) is 6.93. The fourth-order valence-electron chi connectivity index (χ4n) is 1.51. The van der Waals surface area contributed by atoms with Crippen LogP contribution in [0.3, 0.4) is 0 Å². The van der Waals surface area contributed by atoms with E-state index < -0.39 is 4.92 Å². The van der Waals surface area contributed by atoms with E-state index in [-0.39, 0.29) is 5.69 Å². The second kappa shape index (κ2) is 6.12. The number of halogens is 2. The van der Waals surface area contributed by atoms with Crippen LogP contribution in [0.2, 0.25) is 0 Å². The van der Waals surface area contributed by atoms with Gasteiger partial charge in [0.15, 0.2) is 0 Å². The van der Waals surface area contributed by atoms with Crippen molar-refractivity contribution >= 4 is 43.4 Å². The van der Waals surface area contributed by atoms with Crippen LogP contribution in [-0.4, -0.2) is 9.91 Å². The largest absolute Gasteiger partial charge is 0.365 e. The van der Waals surface area contributed by atoms with Gasteiger partial charge in [-0.15, -0.1) is 0 Å². The quantitative estimate of drug-likeness (QED) is 0.633. The highest BCUT2D eigenvalue weighted by Gasteiger charge is 2.06. The van der Waals surface area contributed by atoms with Crippen molar-refractivity contribution in [2.45, 2.75) is 6.54 Å². The van der Waals surface area contributed by atoms with Gasteiger partial charge >= 0.3 is 0 Å². The van der Waals surface area contributed by atoms with Crippen molar-refractivity contribution in [2.75, 3.05) is 5.32 Å². The summed E-state index contributed by atoms with van der Waals surface area (Å²) >= 11 is 6.72. The Kier molecular flexibility index (Phi) is 4.49. The first-order chi connectivity index (χ1) is 9.06. The van der Waals surface area contributed by atoms with Gasteiger partial charge in [0.25, 0.3) is 5.69 Å². The minimum atomic E-state index is -0.405. The Morgan fingerprint density at radius 2 is 2.11 bits per heavy atom. The molecule has 1 aromatic heterocycles. The maximum absolute atomic E-state index is 10.7. The molecule has 0 bridgehead atoms. The molecule has 98 valence electrons. The lowest BCUT2D eigenvalue weighted by Gasteiger charge is -2.07. The summed E-state index contributed by atoms with van der Waals surface area (Å²) < 4.78 is 1.70. The van der Waals surface area contributed by atoms with E-state index in [0.717, 1.165) is 14.5 Å². The molecule has 1 heterocycles. The molecule has 0 amide bonds. The second-order valence-electron chi connectivity index (χ2n) is 3.76. The maximum Gasteiger partial charge on any atom is 0.269 e. The van der Waals surface area contributed by atoms with Crippen LogP contribution in [0.25, 0.3) is 0 Å². The molecule has 0 aliphatic heterocycles. The number of aromatic nitrogens is 1. The molecule has 0 aliphatic rings. The van der Waals surface area contributed by atoms with Crippen LogP contribution in [0.5, 0.6) is 0 Å². The molecule has 0 radical (unpaired) electrons. The van der Waals surface area contributed by atoms with Crippen LogP contribution >= 0.6 is 31.9 Å². The van der Waals surface area contributed by atoms with E-state index in [1.807, 2.05) is 12.1 Å². The van der Waals surface area contributed by atoms with Crippen molar-refractivity contribution < 1.29 is 4.92 Å². The number of nitrogens with zero attached hydrogens (tertiary/aromatic N) is 2. The third-order valence-corrected chi connectivity index (χ3v) is 3.43. The summed E-state index contributed by atoms with van der Waals surface area (Å²) in [5.41, 5.74) is 0.910. The smallest absolute Gasteiger partial charge is 0.269 e. The normalized spacial score (nSPS) is 10.2. The fraction of sp³-hybridized carbons (Fsp3) is 0.0833. The lowest BCUT2D eigenvalue weighted by Crippen LogP contribution is -2.02. The summed E-state index contributed by atoms with van der Waals surface area (Å²) in [4.78, 5) is 14.5. The Morgan fingerprint density at radius 3 is 2.79 bits per heavy atom. The van der Waals surface area contributed by atoms with Crippen LogP contribution < -0.4 is 5.32 Å². The van der Waals surface area contributed by atoms with Gasteiger partial charge in [-0.05, 0) is 43.5 Å². The monoisotopic (exact) mass is 385 g/mol. The number of nitro benzene ring substituents is 1. The van der Waals surface area contributed by atoms with Crippen molar-refractivity contribution in [1.29, 1.82) is 0 Å². The van der Waals surface area contributed by atoms with Gasteiger partial charge in [-0.25, -0.2) is 4.98 Å². The van der Waals surface area contributed by atoms with Crippen molar-refractivity contribution in [2.24, 2.45) is 0 Å². The standard InChI is InChI=1S/C12H9Br2N3O2/c13-9-5-11(14)12(16-7-9)15-6-8-2-1-3-10(4-8)17(18)19/h1-5,7H,6H2,(H,15,16). The molecule has 5 nitrogen and oxygen atoms in total. The zero-order valence-corrected chi connectivity index (χ0v) is 12.8. The molecule has 1 aromatic carbocycles. The number of benzene rings is 1. The molecule has 0 unspecified atom stereocenters. The molecule has 0 fully saturated rings. The van der Waals surface area contributed by atoms with Gasteiger partial charge in [-0.1, -0.05) is 12.1 Å². The summed E-state index contributed by atoms with van der Waals surface area (Å²) in [6, 6.07) is 8.38. The van der Waals surface area contributed by atoms with E-state index in [1.165, 1.54) is 6.07 Å². The first kappa shape index (κ1) is 14.0. The molecule has 0 saturated heterocycles. The molecule has 1 N–H and O–H groups in total. The second-order valence-corrected chi connectivity index (χ2v) is 5.53. The Bertz CT molecular complexity index is 620. The van der Waals surface area contributed by atoms with Crippen LogP contribution in [0.15, 0.2) is 45.5 Å². The number of hydrogen-bond acceptors (Lipinski definition) is 4. The first-order valence-electron chi connectivity index (χ1n) is 5.34. The molecule has 2 aromatic rings. The predicted molar refractivity (Wildman–Crippen MR) is 80.1 cm³/mol. The Labute approximate surface area is 126 Å². The average molecular weight is 387 g/mol. The number of rotatable bonds is 4. The van der Waals surface area contributed by atoms with Crippen LogP contribution in [-0.2, 0) is 6.54 Å². The van der Waals surface area contributed by atoms with Crippen LogP contribution in [0, 0.1) is 10.1 Å². The topological polar surface area (TPSA) is 68.1 Å². The lowest BCUT2D eigenvalue weighted by molar-refractivity contribution is -0.384. The Balaban J connectivity index is 2.10. The minimum Gasteiger partial charge on any atom is -0.365 e. The van der Waals surface area contributed by atoms with Gasteiger partial charge in [0, 0.05) is 29.3 Å². The molecule has 0 atom stereocenters. The van der Waals surface area contributed by atoms with Crippen LogP contribution in [0.4, 0.5) is 11.5 Å². The zero-order valence-electron chi connectivity index (χ0n) is 9.64. The third-order valence-electron chi connectivity index (χ3n) is 2.39. The highest BCUT2D eigenvalue weighted by Crippen LogP contribution is 2.24. The molecule has 0 aliphatic carbocycles. The Morgan fingerprint density at radius 1 is 1.32 bits per heavy atom. The summed E-state index contributed by atoms with van der Waals surface area (Å²) in [5, 5.41) is 13.8. The molecule has 0 spiro atoms. The van der Waals surface area contributed by atoms with Crippen molar-refractivity contribution in [3.05, 3.63) is 61.2 Å². The van der Waals surface area contributed by atoms with Gasteiger partial charge < -0.3 is 5.32 Å². The van der Waals surface area contributed by atoms with E-state index in [2.05, 4.69) is 42.2 Å². The van der Waals surface area contributed by atoms with Gasteiger partial charge in [-0.2, -0.15) is 0 Å². The summed E-state index contributed by atoms with van der Waals surface area (Å²) in [7, 11) is 0. The van der Waals surface area contributed by atoms with E-state index in [0.29, 0.717) is 12.4 Å². The fourth-order valence-corrected chi connectivity index (χ4v) is 2.64. The van der Waals surface area contributed by atoms with E-state index in [9.17, 15) is 10.1 Å². The molecule has 19 heavy (non-hydrogen) atoms. The van der Waals surface area contributed by atoms with E-state index >= 15 is 0 Å². The molecule has 7 heteroatoms. The molecule has 0 saturated carbocycles. The number of pyridine rings is 1. The van der Waals surface area contributed by atoms with Gasteiger partial charge in [-0.3, -0.25) is 10.1 Å². The molecule has 2 rings (SSSR count). The highest BCUT2D eigenvalue weighted by molar-refractivity contribution is 9.11. The van der Waals surface area contributed by atoms with Gasteiger partial charge in [0.1, 0.15) is 5.82 Å². The summed E-state index contributed by atoms with van der Waals surface area (Å²) in [5.74, 6) is 0.690. The van der Waals surface area contributed by atoms with E-state index in [4.69, 9.17) is 0 Å². The van der Waals surface area contributed by atoms with Crippen molar-refractivity contribution in [3.63, 3.8) is 0 Å². The van der Waals surface area contributed by atoms with Gasteiger partial charge in [0.2, 0.25) is 0 Å². The summed E-state index contributed by atoms with van der Waals surface area (Å²) in [6.45, 7) is 0.467. The highest BCUT2D eigenvalue weighted by atomic mass is 79.9. The number of anilines is 1. The lowest BCUT2D eigenvalue weighted by atomic mass is 10.2. The minimum absolute atomic E-state index is 0.0853. The Hall–Kier alpha value is -1.47. The average Bonchev–Trinajstić information content (AvgIpc) is 2.38. The number of nitro groups is 1. The zero-order chi connectivity index (χ0) is 13.8. The SMILES string of the molecule is O=[N+]([O-])c1cccc(CNc2ncc(Br)cc2Br)c1. The molecular weight excluding hydrogens is 378 g/mol. The summed E-state index contributed by atoms with van der Waals surface area (Å²) in [6.07, 6.45) is 1.68. The molecular formula is C12H9Br2N3O2. The number of hydrogen-bond donors (Lipinski definition) is 1. The predicted octanol–water partition coefficient (Wildman–Crippen LogP) is 4.13. The number of nitrogens with one attached hydrogen (secondary N) is 1. The van der Waals surface area contributed by atoms with Crippen molar-refractivity contribution in [1.82, 2.24) is 4.98 Å². The van der Waals surface area contributed by atoms with E-state index in [1.54, 1.807) is 18.3 Å².